The maximum Gasteiger partial charge on any atom is 0.273 e. The molecule has 0 aliphatic rings. The lowest BCUT2D eigenvalue weighted by Gasteiger charge is -1.91. The summed E-state index contributed by atoms with van der Waals surface area (Å²) in [6.45, 7) is 0. The molecule has 0 fully saturated rings. The fraction of sp³-hybridized carbons (Fsp3) is 0. The van der Waals surface area contributed by atoms with Crippen molar-refractivity contribution in [2.24, 2.45) is 0 Å². The van der Waals surface area contributed by atoms with Gasteiger partial charge in [-0.05, 0) is 18.2 Å². The fourth-order valence-electron chi connectivity index (χ4n) is 1.90. The van der Waals surface area contributed by atoms with Crippen molar-refractivity contribution in [3.63, 3.8) is 0 Å². The van der Waals surface area contributed by atoms with Crippen LogP contribution in [-0.4, -0.2) is 4.92 Å². The van der Waals surface area contributed by atoms with Gasteiger partial charge in [-0.3, -0.25) is 10.1 Å². The SMILES string of the molecule is Nc1ccc2c(c1)oc1cc([N+](=O)[O-])ccc12. The number of nitro groups is 1. The minimum atomic E-state index is -0.443. The summed E-state index contributed by atoms with van der Waals surface area (Å²) in [6.07, 6.45) is 0. The molecule has 0 saturated heterocycles. The first-order valence-corrected chi connectivity index (χ1v) is 5.01. The topological polar surface area (TPSA) is 82.3 Å². The number of hydrogen-bond acceptors (Lipinski definition) is 4. The molecule has 3 aromatic rings. The number of furan rings is 1. The summed E-state index contributed by atoms with van der Waals surface area (Å²) in [7, 11) is 0. The van der Waals surface area contributed by atoms with Crippen molar-refractivity contribution >= 4 is 33.3 Å². The Hall–Kier alpha value is -2.56. The van der Waals surface area contributed by atoms with E-state index in [4.69, 9.17) is 10.2 Å². The molecular weight excluding hydrogens is 220 g/mol. The quantitative estimate of drug-likeness (QED) is 0.394. The van der Waals surface area contributed by atoms with Gasteiger partial charge in [-0.15, -0.1) is 0 Å². The molecule has 0 aliphatic carbocycles. The first-order chi connectivity index (χ1) is 8.15. The van der Waals surface area contributed by atoms with E-state index in [-0.39, 0.29) is 5.69 Å². The average Bonchev–Trinajstić information content (AvgIpc) is 2.64. The number of anilines is 1. The highest BCUT2D eigenvalue weighted by Gasteiger charge is 2.11. The predicted octanol–water partition coefficient (Wildman–Crippen LogP) is 3.08. The molecule has 2 N–H and O–H groups in total. The van der Waals surface area contributed by atoms with E-state index in [9.17, 15) is 10.1 Å². The fourth-order valence-corrected chi connectivity index (χ4v) is 1.90. The number of non-ortho nitro benzene ring substituents is 1. The molecule has 1 aromatic heterocycles. The van der Waals surface area contributed by atoms with Crippen molar-refractivity contribution in [1.29, 1.82) is 0 Å². The molecule has 17 heavy (non-hydrogen) atoms. The number of nitrogens with two attached hydrogens (primary N) is 1. The summed E-state index contributed by atoms with van der Waals surface area (Å²) in [6, 6.07) is 9.91. The second-order valence-corrected chi connectivity index (χ2v) is 3.80. The van der Waals surface area contributed by atoms with Gasteiger partial charge in [-0.1, -0.05) is 0 Å². The van der Waals surface area contributed by atoms with Crippen LogP contribution in [0.2, 0.25) is 0 Å². The van der Waals surface area contributed by atoms with E-state index in [1.165, 1.54) is 12.1 Å². The zero-order chi connectivity index (χ0) is 12.0. The number of benzene rings is 2. The Morgan fingerprint density at radius 3 is 2.41 bits per heavy atom. The number of rotatable bonds is 1. The van der Waals surface area contributed by atoms with E-state index in [2.05, 4.69) is 0 Å². The van der Waals surface area contributed by atoms with Crippen LogP contribution in [0.4, 0.5) is 11.4 Å². The van der Waals surface area contributed by atoms with E-state index in [0.29, 0.717) is 16.9 Å². The van der Waals surface area contributed by atoms with Crippen LogP contribution >= 0.6 is 0 Å². The van der Waals surface area contributed by atoms with Crippen molar-refractivity contribution in [2.45, 2.75) is 0 Å². The maximum absolute atomic E-state index is 10.7. The molecular formula is C12H8N2O3. The van der Waals surface area contributed by atoms with Gasteiger partial charge in [-0.25, -0.2) is 0 Å². The van der Waals surface area contributed by atoms with Crippen molar-refractivity contribution < 1.29 is 9.34 Å². The van der Waals surface area contributed by atoms with Crippen LogP contribution in [0.1, 0.15) is 0 Å². The maximum atomic E-state index is 10.7. The van der Waals surface area contributed by atoms with E-state index in [0.717, 1.165) is 10.8 Å². The van der Waals surface area contributed by atoms with Crippen molar-refractivity contribution in [3.05, 3.63) is 46.5 Å². The van der Waals surface area contributed by atoms with Gasteiger partial charge in [0.2, 0.25) is 0 Å². The Morgan fingerprint density at radius 1 is 1.06 bits per heavy atom. The molecule has 0 spiro atoms. The van der Waals surface area contributed by atoms with E-state index in [1.54, 1.807) is 18.2 Å². The second-order valence-electron chi connectivity index (χ2n) is 3.80. The van der Waals surface area contributed by atoms with Crippen LogP contribution in [0.15, 0.2) is 40.8 Å². The van der Waals surface area contributed by atoms with Gasteiger partial charge in [0.25, 0.3) is 5.69 Å². The molecule has 0 bridgehead atoms. The summed E-state index contributed by atoms with van der Waals surface area (Å²) in [5.74, 6) is 0. The van der Waals surface area contributed by atoms with E-state index in [1.807, 2.05) is 6.07 Å². The molecule has 0 amide bonds. The zero-order valence-electron chi connectivity index (χ0n) is 8.71. The van der Waals surface area contributed by atoms with Gasteiger partial charge in [0.15, 0.2) is 0 Å². The molecule has 2 aromatic carbocycles. The first-order valence-electron chi connectivity index (χ1n) is 5.01. The standard InChI is InChI=1S/C12H8N2O3/c13-7-1-3-9-10-4-2-8(14(15)16)6-12(10)17-11(9)5-7/h1-6H,13H2. The Labute approximate surface area is 95.6 Å². The van der Waals surface area contributed by atoms with Crippen molar-refractivity contribution in [3.8, 4) is 0 Å². The summed E-state index contributed by atoms with van der Waals surface area (Å²) >= 11 is 0. The Kier molecular flexibility index (Phi) is 1.82. The summed E-state index contributed by atoms with van der Waals surface area (Å²) in [5, 5.41) is 12.4. The number of nitrogen functional groups attached to an aromatic ring is 1. The average molecular weight is 228 g/mol. The van der Waals surface area contributed by atoms with Crippen molar-refractivity contribution in [2.75, 3.05) is 5.73 Å². The highest BCUT2D eigenvalue weighted by molar-refractivity contribution is 6.06. The van der Waals surface area contributed by atoms with Gasteiger partial charge < -0.3 is 10.2 Å². The van der Waals surface area contributed by atoms with Crippen LogP contribution < -0.4 is 5.73 Å². The monoisotopic (exact) mass is 228 g/mol. The highest BCUT2D eigenvalue weighted by atomic mass is 16.6. The van der Waals surface area contributed by atoms with E-state index >= 15 is 0 Å². The molecule has 5 nitrogen and oxygen atoms in total. The minimum absolute atomic E-state index is 0.0181. The lowest BCUT2D eigenvalue weighted by Crippen LogP contribution is -1.85. The predicted molar refractivity (Wildman–Crippen MR) is 64.8 cm³/mol. The third kappa shape index (κ3) is 1.40. The van der Waals surface area contributed by atoms with Gasteiger partial charge in [0, 0.05) is 28.6 Å². The number of nitro benzene ring substituents is 1. The number of fused-ring (bicyclic) bond motifs is 3. The lowest BCUT2D eigenvalue weighted by molar-refractivity contribution is -0.384. The zero-order valence-corrected chi connectivity index (χ0v) is 8.71. The lowest BCUT2D eigenvalue weighted by atomic mass is 10.1. The molecule has 1 heterocycles. The van der Waals surface area contributed by atoms with Gasteiger partial charge in [0.05, 0.1) is 11.0 Å². The number of nitrogens with zero attached hydrogens (tertiary/aromatic N) is 1. The number of hydrogen-bond donors (Lipinski definition) is 1. The Balaban J connectivity index is 2.38. The van der Waals surface area contributed by atoms with Crippen LogP contribution in [-0.2, 0) is 0 Å². The molecule has 84 valence electrons. The largest absolute Gasteiger partial charge is 0.456 e. The summed E-state index contributed by atoms with van der Waals surface area (Å²) in [5.41, 5.74) is 7.42. The van der Waals surface area contributed by atoms with Crippen LogP contribution in [0.3, 0.4) is 0 Å². The van der Waals surface area contributed by atoms with E-state index < -0.39 is 4.92 Å². The first kappa shape index (κ1) is 9.65. The van der Waals surface area contributed by atoms with Crippen LogP contribution in [0.5, 0.6) is 0 Å². The molecule has 0 aliphatic heterocycles. The van der Waals surface area contributed by atoms with Crippen LogP contribution in [0, 0.1) is 10.1 Å². The van der Waals surface area contributed by atoms with Crippen LogP contribution in [0.25, 0.3) is 21.9 Å². The molecule has 0 atom stereocenters. The molecule has 3 rings (SSSR count). The summed E-state index contributed by atoms with van der Waals surface area (Å²) in [4.78, 5) is 10.2. The highest BCUT2D eigenvalue weighted by Crippen LogP contribution is 2.31. The summed E-state index contributed by atoms with van der Waals surface area (Å²) < 4.78 is 5.54. The molecule has 5 heteroatoms. The third-order valence-corrected chi connectivity index (χ3v) is 2.69. The molecule has 0 saturated carbocycles. The van der Waals surface area contributed by atoms with Gasteiger partial charge in [-0.2, -0.15) is 0 Å². The smallest absolute Gasteiger partial charge is 0.273 e. The Morgan fingerprint density at radius 2 is 1.71 bits per heavy atom. The molecule has 0 unspecified atom stereocenters. The Bertz CT molecular complexity index is 746. The minimum Gasteiger partial charge on any atom is -0.456 e. The van der Waals surface area contributed by atoms with Gasteiger partial charge >= 0.3 is 0 Å². The normalized spacial score (nSPS) is 11.1. The molecule has 0 radical (unpaired) electrons. The van der Waals surface area contributed by atoms with Crippen molar-refractivity contribution in [1.82, 2.24) is 0 Å². The second kappa shape index (κ2) is 3.21. The van der Waals surface area contributed by atoms with Gasteiger partial charge in [0.1, 0.15) is 11.2 Å². The third-order valence-electron chi connectivity index (χ3n) is 2.69.